The van der Waals surface area contributed by atoms with Gasteiger partial charge in [0.25, 0.3) is 0 Å². The normalized spacial score (nSPS) is 25.9. The third-order valence-electron chi connectivity index (χ3n) is 5.19. The largest absolute Gasteiger partial charge is 0.390 e. The van der Waals surface area contributed by atoms with Gasteiger partial charge in [0, 0.05) is 32.4 Å². The Labute approximate surface area is 145 Å². The second kappa shape index (κ2) is 8.43. The van der Waals surface area contributed by atoms with E-state index < -0.39 is 0 Å². The number of ether oxygens (including phenoxy) is 1. The second-order valence-electron chi connectivity index (χ2n) is 7.63. The zero-order valence-corrected chi connectivity index (χ0v) is 15.1. The quantitative estimate of drug-likeness (QED) is 0.839. The number of β-amino-alcohol motifs (C(OH)–C–C–N with tert-alkyl or cyclic N) is 1. The van der Waals surface area contributed by atoms with E-state index in [0.717, 1.165) is 58.3 Å². The van der Waals surface area contributed by atoms with Gasteiger partial charge in [-0.15, -0.1) is 0 Å². The Morgan fingerprint density at radius 1 is 1.25 bits per heavy atom. The van der Waals surface area contributed by atoms with Crippen molar-refractivity contribution in [3.63, 3.8) is 0 Å². The topological polar surface area (TPSA) is 53.8 Å². The highest BCUT2D eigenvalue weighted by molar-refractivity contribution is 4.99. The molecule has 0 radical (unpaired) electrons. The number of nitrogens with zero attached hydrogens (tertiary/aromatic N) is 4. The van der Waals surface area contributed by atoms with Crippen molar-refractivity contribution in [3.8, 4) is 0 Å². The number of likely N-dealkylation sites (tertiary alicyclic amines) is 1. The molecular formula is C18H32N4O2. The van der Waals surface area contributed by atoms with Crippen molar-refractivity contribution in [3.05, 3.63) is 18.0 Å². The first-order valence-corrected chi connectivity index (χ1v) is 9.32. The monoisotopic (exact) mass is 336 g/mol. The maximum Gasteiger partial charge on any atom is 0.0898 e. The fraction of sp³-hybridized carbons (Fsp3) is 0.833. The van der Waals surface area contributed by atoms with E-state index in [1.54, 1.807) is 0 Å². The molecule has 1 aromatic rings. The molecule has 0 saturated carbocycles. The van der Waals surface area contributed by atoms with Crippen molar-refractivity contribution in [2.24, 2.45) is 5.92 Å². The van der Waals surface area contributed by atoms with Crippen molar-refractivity contribution >= 4 is 0 Å². The second-order valence-corrected chi connectivity index (χ2v) is 7.63. The lowest BCUT2D eigenvalue weighted by Crippen LogP contribution is -2.49. The van der Waals surface area contributed by atoms with Gasteiger partial charge in [-0.05, 0) is 44.3 Å². The number of hydrogen-bond acceptors (Lipinski definition) is 5. The Morgan fingerprint density at radius 3 is 2.71 bits per heavy atom. The van der Waals surface area contributed by atoms with E-state index in [-0.39, 0.29) is 12.2 Å². The highest BCUT2D eigenvalue weighted by Crippen LogP contribution is 2.16. The van der Waals surface area contributed by atoms with Gasteiger partial charge in [-0.1, -0.05) is 6.92 Å². The van der Waals surface area contributed by atoms with Gasteiger partial charge in [-0.2, -0.15) is 5.10 Å². The van der Waals surface area contributed by atoms with Crippen molar-refractivity contribution in [2.75, 3.05) is 45.9 Å². The molecular weight excluding hydrogens is 304 g/mol. The molecule has 2 fully saturated rings. The minimum atomic E-state index is -0.274. The van der Waals surface area contributed by atoms with E-state index in [2.05, 4.69) is 34.9 Å². The molecule has 1 aromatic heterocycles. The van der Waals surface area contributed by atoms with Gasteiger partial charge in [0.15, 0.2) is 0 Å². The van der Waals surface area contributed by atoms with Crippen LogP contribution in [0.3, 0.4) is 0 Å². The lowest BCUT2D eigenvalue weighted by molar-refractivity contribution is -0.0513. The summed E-state index contributed by atoms with van der Waals surface area (Å²) >= 11 is 0. The molecule has 2 aliphatic heterocycles. The fourth-order valence-corrected chi connectivity index (χ4v) is 3.73. The summed E-state index contributed by atoms with van der Waals surface area (Å²) in [5, 5.41) is 14.8. The van der Waals surface area contributed by atoms with Crippen LogP contribution in [0.2, 0.25) is 0 Å². The number of piperidine rings is 1. The van der Waals surface area contributed by atoms with Gasteiger partial charge < -0.3 is 14.7 Å². The van der Waals surface area contributed by atoms with Crippen LogP contribution in [0, 0.1) is 12.8 Å². The lowest BCUT2D eigenvalue weighted by atomic mass is 9.99. The zero-order valence-electron chi connectivity index (χ0n) is 15.1. The molecule has 2 atom stereocenters. The minimum Gasteiger partial charge on any atom is -0.390 e. The van der Waals surface area contributed by atoms with Crippen molar-refractivity contribution in [2.45, 2.75) is 45.4 Å². The first-order chi connectivity index (χ1) is 11.6. The van der Waals surface area contributed by atoms with Gasteiger partial charge in [-0.25, -0.2) is 0 Å². The van der Waals surface area contributed by atoms with Gasteiger partial charge >= 0.3 is 0 Å². The number of aliphatic hydroxyl groups is 1. The highest BCUT2D eigenvalue weighted by atomic mass is 16.5. The number of rotatable bonds is 6. The molecule has 0 unspecified atom stereocenters. The van der Waals surface area contributed by atoms with Crippen LogP contribution in [0.25, 0.3) is 0 Å². The first kappa shape index (κ1) is 17.9. The van der Waals surface area contributed by atoms with Crippen LogP contribution in [0.5, 0.6) is 0 Å². The fourth-order valence-electron chi connectivity index (χ4n) is 3.73. The summed E-state index contributed by atoms with van der Waals surface area (Å²) in [5.74, 6) is 0.837. The summed E-state index contributed by atoms with van der Waals surface area (Å²) in [7, 11) is 0. The lowest BCUT2D eigenvalue weighted by Gasteiger charge is -2.36. The number of aliphatic hydroxyl groups excluding tert-OH is 1. The van der Waals surface area contributed by atoms with Crippen LogP contribution < -0.4 is 0 Å². The summed E-state index contributed by atoms with van der Waals surface area (Å²) in [4.78, 5) is 4.75. The van der Waals surface area contributed by atoms with Crippen LogP contribution in [-0.2, 0) is 11.3 Å². The SMILES string of the molecule is Cc1cnn(C[C@H]2CN(C[C@H](O)CN3CCC(C)CC3)CCO2)c1. The number of aromatic nitrogens is 2. The molecule has 24 heavy (non-hydrogen) atoms. The molecule has 0 amide bonds. The Bertz CT molecular complexity index is 499. The first-order valence-electron chi connectivity index (χ1n) is 9.32. The molecule has 6 nitrogen and oxygen atoms in total. The summed E-state index contributed by atoms with van der Waals surface area (Å²) in [6.45, 7) is 11.5. The molecule has 6 heteroatoms. The van der Waals surface area contributed by atoms with Crippen molar-refractivity contribution < 1.29 is 9.84 Å². The van der Waals surface area contributed by atoms with Gasteiger partial charge in [0.05, 0.1) is 31.6 Å². The molecule has 0 bridgehead atoms. The number of hydrogen-bond donors (Lipinski definition) is 1. The predicted molar refractivity (Wildman–Crippen MR) is 94.0 cm³/mol. The van der Waals surface area contributed by atoms with Crippen LogP contribution in [-0.4, -0.2) is 82.8 Å². The average molecular weight is 336 g/mol. The maximum absolute atomic E-state index is 10.5. The molecule has 136 valence electrons. The Hall–Kier alpha value is -0.950. The molecule has 2 saturated heterocycles. The summed E-state index contributed by atoms with van der Waals surface area (Å²) in [6, 6.07) is 0. The third-order valence-corrected chi connectivity index (χ3v) is 5.19. The van der Waals surface area contributed by atoms with Crippen LogP contribution >= 0.6 is 0 Å². The van der Waals surface area contributed by atoms with E-state index >= 15 is 0 Å². The Morgan fingerprint density at radius 2 is 2.00 bits per heavy atom. The zero-order chi connectivity index (χ0) is 16.9. The molecule has 1 N–H and O–H groups in total. The van der Waals surface area contributed by atoms with Gasteiger partial charge in [0.2, 0.25) is 0 Å². The minimum absolute atomic E-state index is 0.154. The third kappa shape index (κ3) is 5.28. The smallest absolute Gasteiger partial charge is 0.0898 e. The van der Waals surface area contributed by atoms with Crippen LogP contribution in [0.1, 0.15) is 25.3 Å². The Balaban J connectivity index is 1.41. The Kier molecular flexibility index (Phi) is 6.27. The number of aryl methyl sites for hydroxylation is 1. The molecule has 0 aromatic carbocycles. The standard InChI is InChI=1S/C18H32N4O2/c1-15-3-5-20(6-4-15)11-17(23)12-21-7-8-24-18(13-21)14-22-10-16(2)9-19-22/h9-10,15,17-18,23H,3-8,11-14H2,1-2H3/t17-,18-/m1/s1. The van der Waals surface area contributed by atoms with Crippen molar-refractivity contribution in [1.29, 1.82) is 0 Å². The van der Waals surface area contributed by atoms with E-state index in [9.17, 15) is 5.11 Å². The van der Waals surface area contributed by atoms with E-state index in [0.29, 0.717) is 0 Å². The van der Waals surface area contributed by atoms with E-state index in [1.165, 1.54) is 18.4 Å². The predicted octanol–water partition coefficient (Wildman–Crippen LogP) is 0.985. The maximum atomic E-state index is 10.5. The number of morpholine rings is 1. The van der Waals surface area contributed by atoms with Gasteiger partial charge in [0.1, 0.15) is 0 Å². The average Bonchev–Trinajstić information content (AvgIpc) is 2.95. The summed E-state index contributed by atoms with van der Waals surface area (Å²) < 4.78 is 7.82. The molecule has 2 aliphatic rings. The van der Waals surface area contributed by atoms with Gasteiger partial charge in [-0.3, -0.25) is 9.58 Å². The highest BCUT2D eigenvalue weighted by Gasteiger charge is 2.24. The summed E-state index contributed by atoms with van der Waals surface area (Å²) in [6.07, 6.45) is 6.33. The van der Waals surface area contributed by atoms with Crippen LogP contribution in [0.4, 0.5) is 0 Å². The molecule has 0 spiro atoms. The summed E-state index contributed by atoms with van der Waals surface area (Å²) in [5.41, 5.74) is 1.17. The van der Waals surface area contributed by atoms with E-state index in [4.69, 9.17) is 4.74 Å². The van der Waals surface area contributed by atoms with E-state index in [1.807, 2.05) is 10.9 Å². The van der Waals surface area contributed by atoms with Crippen LogP contribution in [0.15, 0.2) is 12.4 Å². The van der Waals surface area contributed by atoms with Crippen molar-refractivity contribution in [1.82, 2.24) is 19.6 Å². The molecule has 0 aliphatic carbocycles. The molecule has 3 heterocycles. The molecule has 3 rings (SSSR count).